The highest BCUT2D eigenvalue weighted by Crippen LogP contribution is 2.30. The Balaban J connectivity index is 1.85. The summed E-state index contributed by atoms with van der Waals surface area (Å²) in [5.41, 5.74) is 2.57. The molecular formula is C20H21F3N4O2S. The van der Waals surface area contributed by atoms with Gasteiger partial charge in [-0.15, -0.1) is 5.10 Å². The number of alkyl halides is 3. The van der Waals surface area contributed by atoms with E-state index in [0.29, 0.717) is 16.7 Å². The Morgan fingerprint density at radius 1 is 1.03 bits per heavy atom. The van der Waals surface area contributed by atoms with Crippen LogP contribution in [0.1, 0.15) is 33.4 Å². The van der Waals surface area contributed by atoms with Crippen molar-refractivity contribution in [1.82, 2.24) is 14.8 Å². The molecule has 3 rings (SSSR count). The molecule has 0 saturated heterocycles. The fourth-order valence-electron chi connectivity index (χ4n) is 3.21. The third-order valence-corrected chi connectivity index (χ3v) is 6.53. The molecule has 1 aromatic heterocycles. The average molecular weight is 438 g/mol. The molecule has 0 unspecified atom stereocenters. The van der Waals surface area contributed by atoms with Crippen LogP contribution < -0.4 is 4.72 Å². The first-order valence-electron chi connectivity index (χ1n) is 9.04. The summed E-state index contributed by atoms with van der Waals surface area (Å²) in [6.07, 6.45) is -3.18. The minimum atomic E-state index is -4.44. The molecule has 160 valence electrons. The fourth-order valence-corrected chi connectivity index (χ4v) is 4.77. The summed E-state index contributed by atoms with van der Waals surface area (Å²) < 4.78 is 68.1. The molecule has 0 spiro atoms. The molecule has 0 atom stereocenters. The third kappa shape index (κ3) is 4.48. The van der Waals surface area contributed by atoms with Crippen molar-refractivity contribution in [2.45, 2.75) is 45.3 Å². The Hall–Kier alpha value is -2.88. The van der Waals surface area contributed by atoms with Crippen molar-refractivity contribution in [2.24, 2.45) is 0 Å². The van der Waals surface area contributed by atoms with Gasteiger partial charge >= 0.3 is 6.18 Å². The van der Waals surface area contributed by atoms with E-state index >= 15 is 0 Å². The lowest BCUT2D eigenvalue weighted by Gasteiger charge is -2.15. The summed E-state index contributed by atoms with van der Waals surface area (Å²) >= 11 is 0. The number of hydrogen-bond donors (Lipinski definition) is 1. The van der Waals surface area contributed by atoms with Crippen LogP contribution in [0.15, 0.2) is 41.6 Å². The lowest BCUT2D eigenvalue weighted by molar-refractivity contribution is -0.137. The molecule has 0 fully saturated rings. The number of aryl methyl sites for hydroxylation is 2. The van der Waals surface area contributed by atoms with Gasteiger partial charge in [-0.1, -0.05) is 18.2 Å². The molecular weight excluding hydrogens is 417 g/mol. The molecule has 30 heavy (non-hydrogen) atoms. The van der Waals surface area contributed by atoms with Crippen molar-refractivity contribution < 1.29 is 21.6 Å². The van der Waals surface area contributed by atoms with E-state index in [0.717, 1.165) is 23.3 Å². The van der Waals surface area contributed by atoms with Crippen LogP contribution in [-0.4, -0.2) is 23.2 Å². The molecule has 6 nitrogen and oxygen atoms in total. The van der Waals surface area contributed by atoms with E-state index in [2.05, 4.69) is 14.8 Å². The second-order valence-corrected chi connectivity index (χ2v) is 8.78. The van der Waals surface area contributed by atoms with Gasteiger partial charge < -0.3 is 0 Å². The first kappa shape index (κ1) is 21.8. The highest BCUT2D eigenvalue weighted by atomic mass is 32.2. The number of aromatic nitrogens is 3. The Morgan fingerprint density at radius 3 is 2.27 bits per heavy atom. The van der Waals surface area contributed by atoms with E-state index in [1.807, 2.05) is 19.9 Å². The monoisotopic (exact) mass is 438 g/mol. The van der Waals surface area contributed by atoms with Crippen molar-refractivity contribution in [1.29, 1.82) is 0 Å². The SMILES string of the molecule is Cc1cc(C)c(C)c(S(=O)(=O)Nc2ncn(Cc3cccc(C(F)(F)F)c3)n2)c1C. The minimum Gasteiger partial charge on any atom is -0.246 e. The number of sulfonamides is 1. The van der Waals surface area contributed by atoms with Gasteiger partial charge in [0.25, 0.3) is 16.0 Å². The minimum absolute atomic E-state index is 0.0141. The Labute approximate surface area is 172 Å². The first-order chi connectivity index (χ1) is 13.9. The van der Waals surface area contributed by atoms with Crippen molar-refractivity contribution in [2.75, 3.05) is 4.72 Å². The molecule has 10 heteroatoms. The summed E-state index contributed by atoms with van der Waals surface area (Å²) in [5.74, 6) is -0.153. The second kappa shape index (κ2) is 7.75. The van der Waals surface area contributed by atoms with E-state index in [1.54, 1.807) is 13.8 Å². The quantitative estimate of drug-likeness (QED) is 0.641. The van der Waals surface area contributed by atoms with Crippen molar-refractivity contribution in [3.8, 4) is 0 Å². The maximum absolute atomic E-state index is 12.9. The van der Waals surface area contributed by atoms with Gasteiger partial charge in [0, 0.05) is 0 Å². The van der Waals surface area contributed by atoms with Crippen LogP contribution >= 0.6 is 0 Å². The molecule has 0 amide bonds. The first-order valence-corrected chi connectivity index (χ1v) is 10.5. The Kier molecular flexibility index (Phi) is 5.64. The fraction of sp³-hybridized carbons (Fsp3) is 0.300. The van der Waals surface area contributed by atoms with Crippen molar-refractivity contribution >= 4 is 16.0 Å². The molecule has 0 radical (unpaired) electrons. The normalized spacial score (nSPS) is 12.2. The molecule has 1 N–H and O–H groups in total. The predicted molar refractivity (Wildman–Crippen MR) is 107 cm³/mol. The summed E-state index contributed by atoms with van der Waals surface area (Å²) in [6, 6.07) is 6.77. The third-order valence-electron chi connectivity index (χ3n) is 4.93. The highest BCUT2D eigenvalue weighted by Gasteiger charge is 2.30. The van der Waals surface area contributed by atoms with E-state index in [9.17, 15) is 21.6 Å². The lowest BCUT2D eigenvalue weighted by atomic mass is 10.0. The highest BCUT2D eigenvalue weighted by molar-refractivity contribution is 7.92. The van der Waals surface area contributed by atoms with Crippen LogP contribution in [0.25, 0.3) is 0 Å². The lowest BCUT2D eigenvalue weighted by Crippen LogP contribution is -2.18. The summed E-state index contributed by atoms with van der Waals surface area (Å²) in [4.78, 5) is 4.11. The standard InChI is InChI=1S/C20H21F3N4O2S/c1-12-8-13(2)15(4)18(14(12)3)30(28,29)26-19-24-11-27(25-19)10-16-6-5-7-17(9-16)20(21,22)23/h5-9,11H,10H2,1-4H3,(H,25,26). The average Bonchev–Trinajstić information content (AvgIpc) is 3.05. The molecule has 0 aliphatic heterocycles. The molecule has 2 aromatic carbocycles. The summed E-state index contributed by atoms with van der Waals surface area (Å²) in [5, 5.41) is 4.05. The maximum Gasteiger partial charge on any atom is 0.416 e. The summed E-state index contributed by atoms with van der Waals surface area (Å²) in [6.45, 7) is 7.15. The Morgan fingerprint density at radius 2 is 1.67 bits per heavy atom. The predicted octanol–water partition coefficient (Wildman–Crippen LogP) is 4.38. The molecule has 3 aromatic rings. The molecule has 1 heterocycles. The van der Waals surface area contributed by atoms with Crippen molar-refractivity contribution in [3.63, 3.8) is 0 Å². The zero-order chi connectivity index (χ0) is 22.3. The van der Waals surface area contributed by atoms with Crippen LogP contribution in [0.5, 0.6) is 0 Å². The second-order valence-electron chi connectivity index (χ2n) is 7.16. The van der Waals surface area contributed by atoms with E-state index < -0.39 is 21.8 Å². The topological polar surface area (TPSA) is 76.9 Å². The van der Waals surface area contributed by atoms with Crippen LogP contribution in [0.4, 0.5) is 19.1 Å². The summed E-state index contributed by atoms with van der Waals surface area (Å²) in [7, 11) is -3.94. The van der Waals surface area contributed by atoms with Gasteiger partial charge in [-0.3, -0.25) is 0 Å². The Bertz CT molecular complexity index is 1170. The van der Waals surface area contributed by atoms with Gasteiger partial charge in [0.15, 0.2) is 0 Å². The number of rotatable bonds is 5. The zero-order valence-electron chi connectivity index (χ0n) is 16.9. The van der Waals surface area contributed by atoms with Gasteiger partial charge in [-0.25, -0.2) is 17.8 Å². The zero-order valence-corrected chi connectivity index (χ0v) is 17.7. The van der Waals surface area contributed by atoms with Crippen LogP contribution in [-0.2, 0) is 22.7 Å². The maximum atomic E-state index is 12.9. The number of halogens is 3. The van der Waals surface area contributed by atoms with E-state index in [4.69, 9.17) is 0 Å². The van der Waals surface area contributed by atoms with E-state index in [-0.39, 0.29) is 17.4 Å². The number of hydrogen-bond acceptors (Lipinski definition) is 4. The van der Waals surface area contributed by atoms with Crippen molar-refractivity contribution in [3.05, 3.63) is 70.0 Å². The van der Waals surface area contributed by atoms with Gasteiger partial charge in [0.1, 0.15) is 6.33 Å². The number of benzene rings is 2. The van der Waals surface area contributed by atoms with Crippen LogP contribution in [0.3, 0.4) is 0 Å². The van der Waals surface area contributed by atoms with Crippen LogP contribution in [0, 0.1) is 27.7 Å². The number of nitrogens with zero attached hydrogens (tertiary/aromatic N) is 3. The van der Waals surface area contributed by atoms with E-state index in [1.165, 1.54) is 23.1 Å². The smallest absolute Gasteiger partial charge is 0.246 e. The van der Waals surface area contributed by atoms with Gasteiger partial charge in [0.05, 0.1) is 17.0 Å². The molecule has 0 aliphatic carbocycles. The molecule has 0 saturated carbocycles. The number of anilines is 1. The van der Waals surface area contributed by atoms with Gasteiger partial charge in [-0.2, -0.15) is 18.2 Å². The number of nitrogens with one attached hydrogen (secondary N) is 1. The molecule has 0 aliphatic rings. The molecule has 0 bridgehead atoms. The largest absolute Gasteiger partial charge is 0.416 e. The van der Waals surface area contributed by atoms with Crippen LogP contribution in [0.2, 0.25) is 0 Å². The van der Waals surface area contributed by atoms with Gasteiger partial charge in [-0.05, 0) is 67.6 Å². The van der Waals surface area contributed by atoms with Gasteiger partial charge in [0.2, 0.25) is 0 Å².